The molecule has 3 N–H and O–H groups in total. The highest BCUT2D eigenvalue weighted by molar-refractivity contribution is 5.92. The number of aromatic hydroxyl groups is 1. The van der Waals surface area contributed by atoms with Crippen LogP contribution in [-0.4, -0.2) is 26.2 Å². The van der Waals surface area contributed by atoms with Gasteiger partial charge in [0, 0.05) is 11.6 Å². The number of allylic oxidation sites excluding steroid dienone is 1. The molecule has 0 spiro atoms. The van der Waals surface area contributed by atoms with Crippen LogP contribution in [0.4, 0.5) is 0 Å². The van der Waals surface area contributed by atoms with E-state index in [1.807, 2.05) is 24.3 Å². The van der Waals surface area contributed by atoms with Crippen LogP contribution in [0.25, 0.3) is 34.0 Å². The van der Waals surface area contributed by atoms with Gasteiger partial charge in [0.2, 0.25) is 0 Å². The van der Waals surface area contributed by atoms with Crippen LogP contribution in [0.15, 0.2) is 59.0 Å². The Labute approximate surface area is 158 Å². The van der Waals surface area contributed by atoms with E-state index in [-0.39, 0.29) is 11.3 Å². The molecule has 4 aromatic rings. The maximum atomic E-state index is 11.0. The van der Waals surface area contributed by atoms with E-state index in [2.05, 4.69) is 16.0 Å². The topological polar surface area (TPSA) is 123 Å². The van der Waals surface area contributed by atoms with Crippen LogP contribution in [0.3, 0.4) is 0 Å². The number of rotatable bonds is 4. The highest BCUT2D eigenvalue weighted by Gasteiger charge is 2.13. The standard InChI is InChI=1S/C21H13N3O4/c22-11-13(20-23-16-3-1-2-4-17(16)24-20)9-14-6-8-19(28-14)12-5-7-15(21(26)27)18(25)10-12/h1-10,25H,(H,23,24)(H,26,27)/b13-9+. The Hall–Kier alpha value is -4.31. The lowest BCUT2D eigenvalue weighted by Gasteiger charge is -2.02. The fourth-order valence-electron chi connectivity index (χ4n) is 2.83. The van der Waals surface area contributed by atoms with E-state index < -0.39 is 5.97 Å². The fourth-order valence-corrected chi connectivity index (χ4v) is 2.83. The highest BCUT2D eigenvalue weighted by Crippen LogP contribution is 2.29. The van der Waals surface area contributed by atoms with E-state index in [9.17, 15) is 15.2 Å². The minimum atomic E-state index is -1.21. The molecule has 0 fully saturated rings. The van der Waals surface area contributed by atoms with Gasteiger partial charge in [0.05, 0.1) is 16.6 Å². The van der Waals surface area contributed by atoms with Crippen molar-refractivity contribution in [1.29, 1.82) is 5.26 Å². The summed E-state index contributed by atoms with van der Waals surface area (Å²) in [5.74, 6) is -0.269. The number of fused-ring (bicyclic) bond motifs is 1. The lowest BCUT2D eigenvalue weighted by Crippen LogP contribution is -1.96. The second-order valence-electron chi connectivity index (χ2n) is 6.01. The van der Waals surface area contributed by atoms with Gasteiger partial charge in [-0.05, 0) is 36.4 Å². The molecule has 7 nitrogen and oxygen atoms in total. The maximum Gasteiger partial charge on any atom is 0.339 e. The van der Waals surface area contributed by atoms with Crippen molar-refractivity contribution in [2.45, 2.75) is 0 Å². The Balaban J connectivity index is 1.67. The fraction of sp³-hybridized carbons (Fsp3) is 0. The Morgan fingerprint density at radius 1 is 1.18 bits per heavy atom. The number of carboxylic acids is 1. The number of phenols is 1. The molecule has 0 aliphatic carbocycles. The molecule has 0 radical (unpaired) electrons. The van der Waals surface area contributed by atoms with E-state index in [0.717, 1.165) is 11.0 Å². The number of carboxylic acid groups (broad SMARTS) is 1. The molecular formula is C21H13N3O4. The molecule has 0 aliphatic rings. The summed E-state index contributed by atoms with van der Waals surface area (Å²) >= 11 is 0. The normalized spacial score (nSPS) is 11.5. The Morgan fingerprint density at radius 3 is 2.71 bits per heavy atom. The minimum absolute atomic E-state index is 0.188. The number of nitrogens with one attached hydrogen (secondary N) is 1. The predicted molar refractivity (Wildman–Crippen MR) is 102 cm³/mol. The van der Waals surface area contributed by atoms with Gasteiger partial charge in [0.15, 0.2) is 0 Å². The first-order valence-electron chi connectivity index (χ1n) is 8.28. The first-order valence-corrected chi connectivity index (χ1v) is 8.28. The zero-order valence-electron chi connectivity index (χ0n) is 14.4. The summed E-state index contributed by atoms with van der Waals surface area (Å²) in [7, 11) is 0. The highest BCUT2D eigenvalue weighted by atomic mass is 16.4. The molecule has 4 rings (SSSR count). The van der Waals surface area contributed by atoms with E-state index >= 15 is 0 Å². The van der Waals surface area contributed by atoms with Crippen molar-refractivity contribution in [3.05, 3.63) is 71.7 Å². The third kappa shape index (κ3) is 3.10. The Bertz CT molecular complexity index is 1240. The van der Waals surface area contributed by atoms with Crippen LogP contribution in [0, 0.1) is 11.3 Å². The number of nitriles is 1. The van der Waals surface area contributed by atoms with Crippen LogP contribution >= 0.6 is 0 Å². The van der Waals surface area contributed by atoms with Crippen molar-refractivity contribution >= 4 is 28.7 Å². The average molecular weight is 371 g/mol. The van der Waals surface area contributed by atoms with E-state index in [0.29, 0.717) is 28.5 Å². The van der Waals surface area contributed by atoms with Crippen LogP contribution in [0.2, 0.25) is 0 Å². The van der Waals surface area contributed by atoms with Gasteiger partial charge in [0.1, 0.15) is 34.7 Å². The van der Waals surface area contributed by atoms with Crippen molar-refractivity contribution in [2.24, 2.45) is 0 Å². The largest absolute Gasteiger partial charge is 0.507 e. The van der Waals surface area contributed by atoms with Crippen molar-refractivity contribution in [2.75, 3.05) is 0 Å². The Kier molecular flexibility index (Phi) is 4.14. The van der Waals surface area contributed by atoms with Gasteiger partial charge >= 0.3 is 5.97 Å². The van der Waals surface area contributed by atoms with Crippen molar-refractivity contribution in [3.63, 3.8) is 0 Å². The van der Waals surface area contributed by atoms with Gasteiger partial charge in [-0.3, -0.25) is 0 Å². The number of carbonyl (C=O) groups is 1. The summed E-state index contributed by atoms with van der Waals surface area (Å²) in [6.07, 6.45) is 1.56. The third-order valence-electron chi connectivity index (χ3n) is 4.19. The molecule has 136 valence electrons. The van der Waals surface area contributed by atoms with Crippen LogP contribution < -0.4 is 0 Å². The van der Waals surface area contributed by atoms with Crippen molar-refractivity contribution in [1.82, 2.24) is 9.97 Å². The molecule has 0 amide bonds. The predicted octanol–water partition coefficient (Wildman–Crippen LogP) is 4.29. The number of aromatic carboxylic acids is 1. The Morgan fingerprint density at radius 2 is 2.00 bits per heavy atom. The molecule has 0 unspecified atom stereocenters. The number of nitrogens with zero attached hydrogens (tertiary/aromatic N) is 2. The molecule has 2 heterocycles. The van der Waals surface area contributed by atoms with Gasteiger partial charge in [-0.25, -0.2) is 9.78 Å². The second kappa shape index (κ2) is 6.78. The number of benzene rings is 2. The number of H-pyrrole nitrogens is 1. The first-order chi connectivity index (χ1) is 13.5. The summed E-state index contributed by atoms with van der Waals surface area (Å²) in [5.41, 5.74) is 2.22. The average Bonchev–Trinajstić information content (AvgIpc) is 3.32. The SMILES string of the molecule is N#C/C(=C\c1ccc(-c2ccc(C(=O)O)c(O)c2)o1)c1nc2ccccc2[nH]1. The number of aromatic nitrogens is 2. The van der Waals surface area contributed by atoms with Gasteiger partial charge in [0.25, 0.3) is 0 Å². The summed E-state index contributed by atoms with van der Waals surface area (Å²) in [4.78, 5) is 18.5. The van der Waals surface area contributed by atoms with E-state index in [1.165, 1.54) is 12.1 Å². The first kappa shape index (κ1) is 17.1. The van der Waals surface area contributed by atoms with Crippen LogP contribution in [0.5, 0.6) is 5.75 Å². The number of hydrogen-bond donors (Lipinski definition) is 3. The van der Waals surface area contributed by atoms with Crippen LogP contribution in [-0.2, 0) is 0 Å². The van der Waals surface area contributed by atoms with Crippen molar-refractivity contribution in [3.8, 4) is 23.1 Å². The molecule has 2 aromatic carbocycles. The molecular weight excluding hydrogens is 358 g/mol. The smallest absolute Gasteiger partial charge is 0.339 e. The lowest BCUT2D eigenvalue weighted by atomic mass is 10.1. The van der Waals surface area contributed by atoms with Crippen LogP contribution in [0.1, 0.15) is 21.9 Å². The summed E-state index contributed by atoms with van der Waals surface area (Å²) in [5, 5.41) is 28.3. The van der Waals surface area contributed by atoms with Gasteiger partial charge in [-0.1, -0.05) is 18.2 Å². The van der Waals surface area contributed by atoms with Gasteiger partial charge in [-0.2, -0.15) is 5.26 Å². The molecule has 0 bridgehead atoms. The molecule has 2 aromatic heterocycles. The van der Waals surface area contributed by atoms with Crippen molar-refractivity contribution < 1.29 is 19.4 Å². The summed E-state index contributed by atoms with van der Waals surface area (Å²) in [6.45, 7) is 0. The van der Waals surface area contributed by atoms with Gasteiger partial charge < -0.3 is 19.6 Å². The molecule has 0 aliphatic heterocycles. The quantitative estimate of drug-likeness (QED) is 0.460. The monoisotopic (exact) mass is 371 g/mol. The number of para-hydroxylation sites is 2. The second-order valence-corrected chi connectivity index (χ2v) is 6.01. The lowest BCUT2D eigenvalue weighted by molar-refractivity contribution is 0.0693. The van der Waals surface area contributed by atoms with Gasteiger partial charge in [-0.15, -0.1) is 0 Å². The number of aromatic amines is 1. The zero-order chi connectivity index (χ0) is 19.7. The summed E-state index contributed by atoms with van der Waals surface area (Å²) < 4.78 is 5.73. The molecule has 0 saturated heterocycles. The minimum Gasteiger partial charge on any atom is -0.507 e. The molecule has 28 heavy (non-hydrogen) atoms. The number of hydrogen-bond acceptors (Lipinski definition) is 5. The van der Waals surface area contributed by atoms with E-state index in [1.54, 1.807) is 24.3 Å². The maximum absolute atomic E-state index is 11.0. The van der Waals surface area contributed by atoms with E-state index in [4.69, 9.17) is 9.52 Å². The molecule has 7 heteroatoms. The summed E-state index contributed by atoms with van der Waals surface area (Å²) in [6, 6.07) is 17.1. The zero-order valence-corrected chi connectivity index (χ0v) is 14.4. The number of imidazole rings is 1. The molecule has 0 atom stereocenters. The molecule has 0 saturated carbocycles. The third-order valence-corrected chi connectivity index (χ3v) is 4.19. The number of furan rings is 1.